The van der Waals surface area contributed by atoms with Crippen LogP contribution in [0.3, 0.4) is 0 Å². The van der Waals surface area contributed by atoms with Crippen LogP contribution in [-0.2, 0) is 11.3 Å². The number of likely N-dealkylation sites (tertiary alicyclic amines) is 1. The van der Waals surface area contributed by atoms with E-state index in [2.05, 4.69) is 47.3 Å². The van der Waals surface area contributed by atoms with Crippen molar-refractivity contribution in [2.75, 3.05) is 13.1 Å². The normalized spacial score (nSPS) is 19.5. The van der Waals surface area contributed by atoms with E-state index in [-0.39, 0.29) is 28.8 Å². The van der Waals surface area contributed by atoms with Crippen LogP contribution in [0.5, 0.6) is 0 Å². The number of benzene rings is 1. The van der Waals surface area contributed by atoms with Crippen molar-refractivity contribution in [2.24, 2.45) is 5.92 Å². The maximum atomic E-state index is 12.7. The fourth-order valence-corrected chi connectivity index (χ4v) is 4.63. The highest BCUT2D eigenvalue weighted by Crippen LogP contribution is 2.31. The molecule has 2 fully saturated rings. The Morgan fingerprint density at radius 1 is 1.19 bits per heavy atom. The Morgan fingerprint density at radius 3 is 2.81 bits per heavy atom. The first-order valence-electron chi connectivity index (χ1n) is 11.2. The van der Waals surface area contributed by atoms with Gasteiger partial charge in [0.2, 0.25) is 5.91 Å². The van der Waals surface area contributed by atoms with Crippen LogP contribution in [0.1, 0.15) is 60.5 Å². The first-order chi connectivity index (χ1) is 15.0. The van der Waals surface area contributed by atoms with Crippen molar-refractivity contribution in [1.82, 2.24) is 29.9 Å². The SMILES string of the molecule is Cc1ccc(C)c(Cn2nnc3c(=O)[nH]c([C@H]4CCCN(C(=O)C5CCC5)C4)nc32)c1. The fraction of sp³-hybridized carbons (Fsp3) is 0.522. The third-order valence-corrected chi connectivity index (χ3v) is 6.79. The van der Waals surface area contributed by atoms with Crippen LogP contribution in [0.4, 0.5) is 0 Å². The average Bonchev–Trinajstić information content (AvgIpc) is 3.13. The number of fused-ring (bicyclic) bond motifs is 1. The first-order valence-corrected chi connectivity index (χ1v) is 11.2. The molecule has 1 saturated heterocycles. The van der Waals surface area contributed by atoms with E-state index >= 15 is 0 Å². The summed E-state index contributed by atoms with van der Waals surface area (Å²) in [6.07, 6.45) is 4.98. The Hall–Kier alpha value is -3.03. The summed E-state index contributed by atoms with van der Waals surface area (Å²) in [6, 6.07) is 6.30. The highest BCUT2D eigenvalue weighted by atomic mass is 16.2. The third-order valence-electron chi connectivity index (χ3n) is 6.79. The zero-order chi connectivity index (χ0) is 21.5. The lowest BCUT2D eigenvalue weighted by Gasteiger charge is -2.36. The molecular formula is C23H28N6O2. The Morgan fingerprint density at radius 2 is 2.03 bits per heavy atom. The standard InChI is InChI=1S/C23H28N6O2/c1-14-8-9-15(2)18(11-14)13-29-21-19(26-27-29)22(30)25-20(24-21)17-7-4-10-28(12-17)23(31)16-5-3-6-16/h8-9,11,16-17H,3-7,10,12-13H2,1-2H3,(H,24,25,30)/t17-/m0/s1. The number of aromatic amines is 1. The van der Waals surface area contributed by atoms with Crippen LogP contribution < -0.4 is 5.56 Å². The molecule has 1 saturated carbocycles. The Balaban J connectivity index is 1.44. The lowest BCUT2D eigenvalue weighted by molar-refractivity contribution is -0.139. The van der Waals surface area contributed by atoms with E-state index in [0.29, 0.717) is 24.6 Å². The van der Waals surface area contributed by atoms with Crippen LogP contribution >= 0.6 is 0 Å². The summed E-state index contributed by atoms with van der Waals surface area (Å²) < 4.78 is 1.70. The lowest BCUT2D eigenvalue weighted by atomic mass is 9.83. The number of aromatic nitrogens is 5. The Kier molecular flexibility index (Phi) is 5.08. The van der Waals surface area contributed by atoms with E-state index < -0.39 is 0 Å². The summed E-state index contributed by atoms with van der Waals surface area (Å²) in [7, 11) is 0. The van der Waals surface area contributed by atoms with Gasteiger partial charge in [0, 0.05) is 24.9 Å². The number of carbonyl (C=O) groups excluding carboxylic acids is 1. The molecule has 0 radical (unpaired) electrons. The summed E-state index contributed by atoms with van der Waals surface area (Å²) in [5, 5.41) is 8.29. The quantitative estimate of drug-likeness (QED) is 0.700. The molecular weight excluding hydrogens is 392 g/mol. The number of hydrogen-bond donors (Lipinski definition) is 1. The highest BCUT2D eigenvalue weighted by Gasteiger charge is 2.33. The molecule has 2 aromatic heterocycles. The second kappa shape index (κ2) is 7.90. The largest absolute Gasteiger partial charge is 0.342 e. The summed E-state index contributed by atoms with van der Waals surface area (Å²) in [5.74, 6) is 1.12. The number of aryl methyl sites for hydroxylation is 2. The predicted molar refractivity (Wildman–Crippen MR) is 117 cm³/mol. The van der Waals surface area contributed by atoms with Crippen molar-refractivity contribution in [3.8, 4) is 0 Å². The highest BCUT2D eigenvalue weighted by molar-refractivity contribution is 5.79. The topological polar surface area (TPSA) is 96.8 Å². The maximum Gasteiger partial charge on any atom is 0.281 e. The number of rotatable bonds is 4. The van der Waals surface area contributed by atoms with Gasteiger partial charge in [-0.3, -0.25) is 9.59 Å². The fourth-order valence-electron chi connectivity index (χ4n) is 4.63. The van der Waals surface area contributed by atoms with Crippen molar-refractivity contribution in [2.45, 2.75) is 58.4 Å². The predicted octanol–water partition coefficient (Wildman–Crippen LogP) is 2.69. The van der Waals surface area contributed by atoms with Crippen molar-refractivity contribution in [3.63, 3.8) is 0 Å². The van der Waals surface area contributed by atoms with Crippen molar-refractivity contribution in [3.05, 3.63) is 51.1 Å². The van der Waals surface area contributed by atoms with Gasteiger partial charge in [-0.05, 0) is 50.7 Å². The molecule has 2 aliphatic rings. The van der Waals surface area contributed by atoms with E-state index in [1.165, 1.54) is 5.56 Å². The molecule has 3 aromatic rings. The number of amides is 1. The van der Waals surface area contributed by atoms with Gasteiger partial charge in [0.05, 0.1) is 6.54 Å². The molecule has 0 bridgehead atoms. The van der Waals surface area contributed by atoms with Gasteiger partial charge in [-0.15, -0.1) is 5.10 Å². The van der Waals surface area contributed by atoms with Crippen molar-refractivity contribution < 1.29 is 4.79 Å². The molecule has 5 rings (SSSR count). The van der Waals surface area contributed by atoms with Crippen LogP contribution in [0.15, 0.2) is 23.0 Å². The minimum atomic E-state index is -0.269. The Bertz CT molecular complexity index is 1190. The molecule has 1 aromatic carbocycles. The number of hydrogen-bond acceptors (Lipinski definition) is 5. The van der Waals surface area contributed by atoms with Gasteiger partial charge in [-0.2, -0.15) is 0 Å². The number of H-pyrrole nitrogens is 1. The zero-order valence-electron chi connectivity index (χ0n) is 18.1. The summed E-state index contributed by atoms with van der Waals surface area (Å²) in [4.78, 5) is 35.1. The van der Waals surface area contributed by atoms with E-state index in [4.69, 9.17) is 4.98 Å². The number of nitrogens with one attached hydrogen (secondary N) is 1. The molecule has 1 atom stereocenters. The van der Waals surface area contributed by atoms with Gasteiger partial charge in [-0.1, -0.05) is 35.4 Å². The molecule has 3 heterocycles. The molecule has 1 N–H and O–H groups in total. The molecule has 0 spiro atoms. The van der Waals surface area contributed by atoms with Gasteiger partial charge in [-0.25, -0.2) is 9.67 Å². The number of nitrogens with zero attached hydrogens (tertiary/aromatic N) is 5. The van der Waals surface area contributed by atoms with Crippen LogP contribution in [0, 0.1) is 19.8 Å². The van der Waals surface area contributed by atoms with Crippen LogP contribution in [-0.4, -0.2) is 48.9 Å². The Labute approximate surface area is 180 Å². The van der Waals surface area contributed by atoms with E-state index in [1.807, 2.05) is 4.90 Å². The van der Waals surface area contributed by atoms with Gasteiger partial charge in [0.15, 0.2) is 11.2 Å². The second-order valence-corrected chi connectivity index (χ2v) is 9.05. The van der Waals surface area contributed by atoms with Crippen LogP contribution in [0.25, 0.3) is 11.2 Å². The zero-order valence-corrected chi connectivity index (χ0v) is 18.1. The molecule has 1 amide bonds. The number of carbonyl (C=O) groups is 1. The van der Waals surface area contributed by atoms with Crippen molar-refractivity contribution in [1.29, 1.82) is 0 Å². The summed E-state index contributed by atoms with van der Waals surface area (Å²) in [5.41, 5.74) is 3.96. The van der Waals surface area contributed by atoms with E-state index in [9.17, 15) is 9.59 Å². The summed E-state index contributed by atoms with van der Waals surface area (Å²) >= 11 is 0. The molecule has 1 aliphatic carbocycles. The monoisotopic (exact) mass is 420 g/mol. The number of piperidine rings is 1. The van der Waals surface area contributed by atoms with Gasteiger partial charge in [0.25, 0.3) is 5.56 Å². The van der Waals surface area contributed by atoms with E-state index in [1.54, 1.807) is 4.68 Å². The molecule has 1 aliphatic heterocycles. The maximum absolute atomic E-state index is 12.7. The van der Waals surface area contributed by atoms with E-state index in [0.717, 1.165) is 49.8 Å². The van der Waals surface area contributed by atoms with Crippen molar-refractivity contribution >= 4 is 17.1 Å². The average molecular weight is 421 g/mol. The molecule has 162 valence electrons. The second-order valence-electron chi connectivity index (χ2n) is 9.05. The first kappa shape index (κ1) is 19.9. The smallest absolute Gasteiger partial charge is 0.281 e. The molecule has 8 heteroatoms. The minimum absolute atomic E-state index is 0.0268. The molecule has 0 unspecified atom stereocenters. The molecule has 8 nitrogen and oxygen atoms in total. The lowest BCUT2D eigenvalue weighted by Crippen LogP contribution is -2.44. The summed E-state index contributed by atoms with van der Waals surface area (Å²) in [6.45, 7) is 6.04. The van der Waals surface area contributed by atoms with Gasteiger partial charge >= 0.3 is 0 Å². The molecule has 31 heavy (non-hydrogen) atoms. The van der Waals surface area contributed by atoms with Gasteiger partial charge in [0.1, 0.15) is 5.82 Å². The minimum Gasteiger partial charge on any atom is -0.342 e. The van der Waals surface area contributed by atoms with Gasteiger partial charge < -0.3 is 9.88 Å². The third kappa shape index (κ3) is 3.75. The van der Waals surface area contributed by atoms with Crippen LogP contribution in [0.2, 0.25) is 0 Å².